The molecule has 0 spiro atoms. The number of carbonyl (C=O) groups is 2. The van der Waals surface area contributed by atoms with Gasteiger partial charge in [-0.05, 0) is 30.3 Å². The fourth-order valence-electron chi connectivity index (χ4n) is 2.16. The van der Waals surface area contributed by atoms with E-state index in [1.807, 2.05) is 30.3 Å². The maximum absolute atomic E-state index is 12.1. The molecule has 2 aromatic carbocycles. The summed E-state index contributed by atoms with van der Waals surface area (Å²) in [6.45, 7) is 0. The summed E-state index contributed by atoms with van der Waals surface area (Å²) >= 11 is 7.14. The van der Waals surface area contributed by atoms with Crippen molar-refractivity contribution in [2.45, 2.75) is 11.7 Å². The van der Waals surface area contributed by atoms with Crippen molar-refractivity contribution in [2.75, 3.05) is 5.32 Å². The van der Waals surface area contributed by atoms with Gasteiger partial charge in [-0.15, -0.1) is 0 Å². The number of nitrogens with one attached hydrogen (secondary N) is 2. The van der Waals surface area contributed by atoms with Crippen molar-refractivity contribution in [3.8, 4) is 0 Å². The Bertz CT molecular complexity index is 795. The predicted octanol–water partition coefficient (Wildman–Crippen LogP) is 3.59. The molecule has 1 atom stereocenters. The minimum absolute atomic E-state index is 0.0663. The first-order valence-corrected chi connectivity index (χ1v) is 8.52. The zero-order chi connectivity index (χ0) is 16.9. The highest BCUT2D eigenvalue weighted by Gasteiger charge is 2.32. The third kappa shape index (κ3) is 4.37. The molecule has 1 heterocycles. The summed E-state index contributed by atoms with van der Waals surface area (Å²) in [6, 6.07) is 16.2. The SMILES string of the molecule is O=C(CC1SC(=Nc2ccccc2)NC1=O)Nc1cccc(Cl)c1. The Labute approximate surface area is 148 Å². The fraction of sp³-hybridized carbons (Fsp3) is 0.118. The van der Waals surface area contributed by atoms with Gasteiger partial charge < -0.3 is 10.6 Å². The van der Waals surface area contributed by atoms with E-state index in [0.29, 0.717) is 15.9 Å². The average Bonchev–Trinajstić information content (AvgIpc) is 2.87. The number of benzene rings is 2. The number of amidine groups is 1. The second-order valence-corrected chi connectivity index (χ2v) is 6.74. The molecule has 1 aliphatic rings. The van der Waals surface area contributed by atoms with E-state index in [4.69, 9.17) is 11.6 Å². The summed E-state index contributed by atoms with van der Waals surface area (Å²) in [4.78, 5) is 28.5. The molecule has 1 unspecified atom stereocenters. The molecule has 1 fully saturated rings. The summed E-state index contributed by atoms with van der Waals surface area (Å²) in [6.07, 6.45) is 0.0663. The number of hydrogen-bond acceptors (Lipinski definition) is 4. The lowest BCUT2D eigenvalue weighted by Gasteiger charge is -2.07. The Morgan fingerprint density at radius 2 is 2.00 bits per heavy atom. The second-order valence-electron chi connectivity index (χ2n) is 5.11. The van der Waals surface area contributed by atoms with Gasteiger partial charge in [-0.2, -0.15) is 0 Å². The van der Waals surface area contributed by atoms with Gasteiger partial charge in [0.2, 0.25) is 11.8 Å². The molecule has 2 amide bonds. The number of hydrogen-bond donors (Lipinski definition) is 2. The topological polar surface area (TPSA) is 70.6 Å². The lowest BCUT2D eigenvalue weighted by Crippen LogP contribution is -2.28. The number of carbonyl (C=O) groups excluding carboxylic acids is 2. The number of aliphatic imine (C=N–C) groups is 1. The maximum atomic E-state index is 12.1. The fourth-order valence-corrected chi connectivity index (χ4v) is 3.34. The van der Waals surface area contributed by atoms with Crippen LogP contribution in [0.1, 0.15) is 6.42 Å². The molecule has 0 aliphatic carbocycles. The van der Waals surface area contributed by atoms with Crippen LogP contribution in [0.5, 0.6) is 0 Å². The van der Waals surface area contributed by atoms with Crippen LogP contribution in [0.25, 0.3) is 0 Å². The highest BCUT2D eigenvalue weighted by Crippen LogP contribution is 2.25. The molecule has 2 N–H and O–H groups in total. The van der Waals surface area contributed by atoms with Crippen LogP contribution in [0, 0.1) is 0 Å². The number of nitrogens with zero attached hydrogens (tertiary/aromatic N) is 1. The normalized spacial score (nSPS) is 18.5. The van der Waals surface area contributed by atoms with Gasteiger partial charge in [0, 0.05) is 17.1 Å². The number of amides is 2. The van der Waals surface area contributed by atoms with Gasteiger partial charge in [-0.1, -0.05) is 47.6 Å². The van der Waals surface area contributed by atoms with E-state index in [1.165, 1.54) is 11.8 Å². The van der Waals surface area contributed by atoms with Crippen molar-refractivity contribution in [3.63, 3.8) is 0 Å². The van der Waals surface area contributed by atoms with Crippen LogP contribution in [0.3, 0.4) is 0 Å². The van der Waals surface area contributed by atoms with E-state index in [2.05, 4.69) is 15.6 Å². The van der Waals surface area contributed by atoms with Crippen LogP contribution in [0.2, 0.25) is 5.02 Å². The summed E-state index contributed by atoms with van der Waals surface area (Å²) in [5, 5.41) is 5.99. The molecule has 24 heavy (non-hydrogen) atoms. The first-order chi connectivity index (χ1) is 11.6. The summed E-state index contributed by atoms with van der Waals surface area (Å²) in [5.74, 6) is -0.457. The number of thioether (sulfide) groups is 1. The van der Waals surface area contributed by atoms with Crippen molar-refractivity contribution in [2.24, 2.45) is 4.99 Å². The predicted molar refractivity (Wildman–Crippen MR) is 97.8 cm³/mol. The molecule has 1 saturated heterocycles. The van der Waals surface area contributed by atoms with Crippen molar-refractivity contribution in [1.82, 2.24) is 5.32 Å². The zero-order valence-corrected chi connectivity index (χ0v) is 14.1. The van der Waals surface area contributed by atoms with Gasteiger partial charge in [0.05, 0.1) is 5.69 Å². The van der Waals surface area contributed by atoms with E-state index in [9.17, 15) is 9.59 Å². The zero-order valence-electron chi connectivity index (χ0n) is 12.5. The van der Waals surface area contributed by atoms with Crippen LogP contribution >= 0.6 is 23.4 Å². The molecule has 7 heteroatoms. The van der Waals surface area contributed by atoms with Gasteiger partial charge in [0.15, 0.2) is 5.17 Å². The van der Waals surface area contributed by atoms with Gasteiger partial charge in [-0.25, -0.2) is 4.99 Å². The molecule has 122 valence electrons. The molecule has 0 bridgehead atoms. The first-order valence-electron chi connectivity index (χ1n) is 7.27. The molecule has 1 aliphatic heterocycles. The highest BCUT2D eigenvalue weighted by atomic mass is 35.5. The molecule has 0 aromatic heterocycles. The largest absolute Gasteiger partial charge is 0.326 e. The van der Waals surface area contributed by atoms with E-state index in [1.54, 1.807) is 24.3 Å². The third-order valence-corrected chi connectivity index (χ3v) is 4.56. The lowest BCUT2D eigenvalue weighted by molar-refractivity contribution is -0.122. The quantitative estimate of drug-likeness (QED) is 0.876. The minimum Gasteiger partial charge on any atom is -0.326 e. The summed E-state index contributed by atoms with van der Waals surface area (Å²) in [7, 11) is 0. The van der Waals surface area contributed by atoms with E-state index in [-0.39, 0.29) is 18.2 Å². The number of para-hydroxylation sites is 1. The second kappa shape index (κ2) is 7.51. The number of halogens is 1. The summed E-state index contributed by atoms with van der Waals surface area (Å²) < 4.78 is 0. The van der Waals surface area contributed by atoms with Crippen LogP contribution < -0.4 is 10.6 Å². The van der Waals surface area contributed by atoms with Crippen LogP contribution in [0.4, 0.5) is 11.4 Å². The Balaban J connectivity index is 1.60. The number of anilines is 1. The van der Waals surface area contributed by atoms with Gasteiger partial charge >= 0.3 is 0 Å². The molecule has 2 aromatic rings. The molecule has 0 radical (unpaired) electrons. The van der Waals surface area contributed by atoms with E-state index >= 15 is 0 Å². The van der Waals surface area contributed by atoms with Crippen molar-refractivity contribution < 1.29 is 9.59 Å². The Hall–Kier alpha value is -2.31. The van der Waals surface area contributed by atoms with E-state index < -0.39 is 5.25 Å². The Morgan fingerprint density at radius 3 is 2.75 bits per heavy atom. The maximum Gasteiger partial charge on any atom is 0.240 e. The van der Waals surface area contributed by atoms with Crippen molar-refractivity contribution >= 4 is 51.7 Å². The molecule has 0 saturated carbocycles. The average molecular weight is 360 g/mol. The molecular weight excluding hydrogens is 346 g/mol. The molecule has 3 rings (SSSR count). The van der Waals surface area contributed by atoms with Gasteiger partial charge in [0.25, 0.3) is 0 Å². The minimum atomic E-state index is -0.494. The third-order valence-electron chi connectivity index (χ3n) is 3.24. The van der Waals surface area contributed by atoms with Crippen LogP contribution in [-0.4, -0.2) is 22.2 Å². The van der Waals surface area contributed by atoms with Crippen LogP contribution in [-0.2, 0) is 9.59 Å². The van der Waals surface area contributed by atoms with E-state index in [0.717, 1.165) is 5.69 Å². The highest BCUT2D eigenvalue weighted by molar-refractivity contribution is 8.15. The summed E-state index contributed by atoms with van der Waals surface area (Å²) in [5.41, 5.74) is 1.36. The molecule has 5 nitrogen and oxygen atoms in total. The molecular formula is C17H14ClN3O2S. The lowest BCUT2D eigenvalue weighted by atomic mass is 10.2. The van der Waals surface area contributed by atoms with Gasteiger partial charge in [0.1, 0.15) is 5.25 Å². The Kier molecular flexibility index (Phi) is 5.17. The van der Waals surface area contributed by atoms with Crippen molar-refractivity contribution in [1.29, 1.82) is 0 Å². The standard InChI is InChI=1S/C17H14ClN3O2S/c18-11-5-4-8-13(9-11)19-15(22)10-14-16(23)21-17(24-14)20-12-6-2-1-3-7-12/h1-9,14H,10H2,(H,19,22)(H,20,21,23). The monoisotopic (exact) mass is 359 g/mol. The number of rotatable bonds is 4. The first kappa shape index (κ1) is 16.5. The Morgan fingerprint density at radius 1 is 1.21 bits per heavy atom. The van der Waals surface area contributed by atoms with Gasteiger partial charge in [-0.3, -0.25) is 9.59 Å². The smallest absolute Gasteiger partial charge is 0.240 e. The van der Waals surface area contributed by atoms with Crippen LogP contribution in [0.15, 0.2) is 59.6 Å². The van der Waals surface area contributed by atoms with Crippen molar-refractivity contribution in [3.05, 3.63) is 59.6 Å².